The molecule has 1 aromatic heterocycles. The Morgan fingerprint density at radius 1 is 0.953 bits per heavy atom. The fraction of sp³-hybridized carbons (Fsp3) is 0.400. The van der Waals surface area contributed by atoms with E-state index in [1.165, 1.54) is 43.1 Å². The molecule has 7 rings (SSSR count). The lowest BCUT2D eigenvalue weighted by Crippen LogP contribution is -2.54. The van der Waals surface area contributed by atoms with E-state index < -0.39 is 17.8 Å². The van der Waals surface area contributed by atoms with Crippen molar-refractivity contribution in [2.45, 2.75) is 76.4 Å². The van der Waals surface area contributed by atoms with Crippen LogP contribution in [0.4, 0.5) is 15.8 Å². The minimum atomic E-state index is -0.515. The van der Waals surface area contributed by atoms with Crippen LogP contribution >= 0.6 is 11.3 Å². The van der Waals surface area contributed by atoms with Gasteiger partial charge in [0.05, 0.1) is 33.3 Å². The summed E-state index contributed by atoms with van der Waals surface area (Å²) in [6.07, 6.45) is 8.34. The monoisotopic (exact) mass is 596 g/mol. The lowest BCUT2D eigenvalue weighted by molar-refractivity contribution is -0.125. The maximum absolute atomic E-state index is 15.3. The van der Waals surface area contributed by atoms with Crippen molar-refractivity contribution in [2.24, 2.45) is 11.8 Å². The Morgan fingerprint density at radius 3 is 2.53 bits per heavy atom. The third kappa shape index (κ3) is 5.42. The highest BCUT2D eigenvalue weighted by Gasteiger charge is 2.50. The number of thiazole rings is 1. The Kier molecular flexibility index (Phi) is 7.63. The minimum Gasteiger partial charge on any atom is -0.382 e. The van der Waals surface area contributed by atoms with Crippen LogP contribution in [-0.2, 0) is 4.79 Å². The molecule has 0 spiro atoms. The molecule has 4 atom stereocenters. The van der Waals surface area contributed by atoms with Crippen molar-refractivity contribution in [3.05, 3.63) is 88.7 Å². The lowest BCUT2D eigenvalue weighted by Gasteiger charge is -2.48. The van der Waals surface area contributed by atoms with Gasteiger partial charge in [-0.1, -0.05) is 43.5 Å². The Bertz CT molecular complexity index is 1630. The highest BCUT2D eigenvalue weighted by Crippen LogP contribution is 2.49. The van der Waals surface area contributed by atoms with Gasteiger partial charge in [0, 0.05) is 23.5 Å². The number of piperidine rings is 1. The van der Waals surface area contributed by atoms with Crippen molar-refractivity contribution < 1.29 is 14.0 Å². The third-order valence-corrected chi connectivity index (χ3v) is 10.6. The van der Waals surface area contributed by atoms with Crippen LogP contribution in [0, 0.1) is 24.6 Å². The average molecular weight is 597 g/mol. The van der Waals surface area contributed by atoms with Gasteiger partial charge in [-0.05, 0) is 92.5 Å². The van der Waals surface area contributed by atoms with E-state index in [9.17, 15) is 9.59 Å². The molecule has 0 unspecified atom stereocenters. The molecule has 2 aliphatic carbocycles. The number of aryl methyl sites for hydroxylation is 1. The average Bonchev–Trinajstić information content (AvgIpc) is 3.78. The predicted molar refractivity (Wildman–Crippen MR) is 170 cm³/mol. The molecule has 1 saturated heterocycles. The number of carbonyl (C=O) groups is 2. The van der Waals surface area contributed by atoms with Gasteiger partial charge < -0.3 is 15.5 Å². The summed E-state index contributed by atoms with van der Waals surface area (Å²) in [5.41, 5.74) is 6.08. The van der Waals surface area contributed by atoms with Crippen LogP contribution in [-0.4, -0.2) is 33.8 Å². The zero-order valence-corrected chi connectivity index (χ0v) is 25.2. The molecule has 0 bridgehead atoms. The fourth-order valence-electron chi connectivity index (χ4n) is 7.72. The van der Waals surface area contributed by atoms with E-state index in [-0.39, 0.29) is 29.3 Å². The number of benzene rings is 3. The van der Waals surface area contributed by atoms with E-state index in [4.69, 9.17) is 0 Å². The second kappa shape index (κ2) is 11.7. The van der Waals surface area contributed by atoms with Crippen molar-refractivity contribution in [1.29, 1.82) is 0 Å². The van der Waals surface area contributed by atoms with Crippen LogP contribution in [0.15, 0.2) is 66.2 Å². The molecule has 2 saturated carbocycles. The molecule has 2 amide bonds. The summed E-state index contributed by atoms with van der Waals surface area (Å²) < 4.78 is 16.3. The first kappa shape index (κ1) is 28.0. The van der Waals surface area contributed by atoms with E-state index in [0.29, 0.717) is 23.7 Å². The number of hydrogen-bond donors (Lipinski definition) is 2. The summed E-state index contributed by atoms with van der Waals surface area (Å²) in [6, 6.07) is 18.7. The molecule has 43 heavy (non-hydrogen) atoms. The molecule has 3 fully saturated rings. The summed E-state index contributed by atoms with van der Waals surface area (Å²) in [4.78, 5) is 34.9. The number of fused-ring (bicyclic) bond motifs is 2. The van der Waals surface area contributed by atoms with Gasteiger partial charge in [-0.15, -0.1) is 11.3 Å². The molecule has 3 aliphatic rings. The van der Waals surface area contributed by atoms with E-state index in [1.807, 2.05) is 23.1 Å². The van der Waals surface area contributed by atoms with E-state index in [1.54, 1.807) is 24.6 Å². The van der Waals surface area contributed by atoms with Gasteiger partial charge in [-0.2, -0.15) is 0 Å². The molecule has 2 heterocycles. The first-order valence-corrected chi connectivity index (χ1v) is 16.4. The number of likely N-dealkylation sites (tertiary alicyclic amines) is 1. The Balaban J connectivity index is 1.27. The normalized spacial score (nSPS) is 23.8. The number of amides is 2. The fourth-order valence-corrected chi connectivity index (χ4v) is 8.43. The highest BCUT2D eigenvalue weighted by atomic mass is 32.1. The first-order valence-electron chi connectivity index (χ1n) is 15.5. The Labute approximate surface area is 255 Å². The minimum absolute atomic E-state index is 0.0367. The number of carbonyl (C=O) groups excluding carboxylic acids is 2. The number of rotatable bonds is 6. The van der Waals surface area contributed by atoms with Crippen LogP contribution < -0.4 is 10.6 Å². The van der Waals surface area contributed by atoms with Crippen LogP contribution in [0.2, 0.25) is 0 Å². The molecule has 4 aromatic rings. The molecule has 1 aliphatic heterocycles. The number of nitrogens with one attached hydrogen (secondary N) is 2. The van der Waals surface area contributed by atoms with Crippen molar-refractivity contribution in [3.8, 4) is 0 Å². The van der Waals surface area contributed by atoms with Gasteiger partial charge in [0.1, 0.15) is 5.82 Å². The van der Waals surface area contributed by atoms with Crippen molar-refractivity contribution in [1.82, 2.24) is 9.88 Å². The molecule has 8 heteroatoms. The Hall–Kier alpha value is -3.78. The summed E-state index contributed by atoms with van der Waals surface area (Å²) in [6.45, 7) is 1.78. The first-order chi connectivity index (χ1) is 21.0. The quantitative estimate of drug-likeness (QED) is 0.236. The zero-order valence-electron chi connectivity index (χ0n) is 24.4. The zero-order chi connectivity index (χ0) is 29.5. The highest BCUT2D eigenvalue weighted by molar-refractivity contribution is 7.16. The second-order valence-corrected chi connectivity index (χ2v) is 13.3. The number of hydrogen-bond acceptors (Lipinski definition) is 5. The van der Waals surface area contributed by atoms with Gasteiger partial charge in [0.15, 0.2) is 0 Å². The number of aromatic nitrogens is 1. The summed E-state index contributed by atoms with van der Waals surface area (Å²) >= 11 is 1.53. The second-order valence-electron chi connectivity index (χ2n) is 12.5. The Morgan fingerprint density at radius 2 is 1.74 bits per heavy atom. The van der Waals surface area contributed by atoms with Gasteiger partial charge in [0.2, 0.25) is 5.91 Å². The van der Waals surface area contributed by atoms with Crippen LogP contribution in [0.25, 0.3) is 10.2 Å². The van der Waals surface area contributed by atoms with Crippen LogP contribution in [0.3, 0.4) is 0 Å². The standard InChI is InChI=1S/C35H37FN4O2S/c1-21-6-4-10-28(36)32(21)35(42)40-30-11-5-7-23(30)18-27(34(41)39-26-16-17-29-31(19-26)43-20-37-29)33(40)22-12-14-25(15-13-22)38-24-8-2-3-9-24/h4,6,10,12-17,19-20,23-24,27,30,33,38H,2-3,5,7-9,11,18H2,1H3,(H,39,41)/t23-,27+,30-,33+/m1/s1. The maximum Gasteiger partial charge on any atom is 0.257 e. The molecule has 3 aromatic carbocycles. The predicted octanol–water partition coefficient (Wildman–Crippen LogP) is 8.11. The smallest absolute Gasteiger partial charge is 0.257 e. The lowest BCUT2D eigenvalue weighted by atomic mass is 9.76. The van der Waals surface area contributed by atoms with Gasteiger partial charge >= 0.3 is 0 Å². The van der Waals surface area contributed by atoms with E-state index >= 15 is 4.39 Å². The largest absolute Gasteiger partial charge is 0.382 e. The molecule has 2 N–H and O–H groups in total. The molecular formula is C35H37FN4O2S. The SMILES string of the molecule is Cc1cccc(F)c1C(=O)N1[C@@H]2CCC[C@@H]2C[C@H](C(=O)Nc2ccc3ncsc3c2)[C@@H]1c1ccc(NC2CCCC2)cc1. The third-order valence-electron chi connectivity index (χ3n) is 9.80. The summed E-state index contributed by atoms with van der Waals surface area (Å²) in [5, 5.41) is 6.82. The molecular weight excluding hydrogens is 559 g/mol. The maximum atomic E-state index is 15.3. The number of nitrogens with zero attached hydrogens (tertiary/aromatic N) is 2. The van der Waals surface area contributed by atoms with Crippen molar-refractivity contribution in [3.63, 3.8) is 0 Å². The van der Waals surface area contributed by atoms with Crippen LogP contribution in [0.5, 0.6) is 0 Å². The van der Waals surface area contributed by atoms with Gasteiger partial charge in [0.25, 0.3) is 5.91 Å². The topological polar surface area (TPSA) is 74.3 Å². The van der Waals surface area contributed by atoms with E-state index in [0.717, 1.165) is 40.7 Å². The van der Waals surface area contributed by atoms with Crippen molar-refractivity contribution >= 4 is 44.7 Å². The molecule has 0 radical (unpaired) electrons. The van der Waals surface area contributed by atoms with Crippen molar-refractivity contribution in [2.75, 3.05) is 10.6 Å². The molecule has 6 nitrogen and oxygen atoms in total. The summed E-state index contributed by atoms with van der Waals surface area (Å²) in [7, 11) is 0. The van der Waals surface area contributed by atoms with Gasteiger partial charge in [-0.25, -0.2) is 9.37 Å². The molecule has 222 valence electrons. The summed E-state index contributed by atoms with van der Waals surface area (Å²) in [5.74, 6) is -1.25. The number of anilines is 2. The van der Waals surface area contributed by atoms with E-state index in [2.05, 4.69) is 39.9 Å². The van der Waals surface area contributed by atoms with Gasteiger partial charge in [-0.3, -0.25) is 9.59 Å². The van der Waals surface area contributed by atoms with Crippen LogP contribution in [0.1, 0.15) is 78.9 Å². The number of halogens is 1.